The minimum atomic E-state index is -0.581. The molecule has 0 unspecified atom stereocenters. The van der Waals surface area contributed by atoms with Crippen LogP contribution in [0.2, 0.25) is 0 Å². The zero-order valence-corrected chi connectivity index (χ0v) is 18.1. The number of allylic oxidation sites excluding steroid dienone is 4. The Kier molecular flexibility index (Phi) is 8.94. The first-order valence-corrected chi connectivity index (χ1v) is 10.5. The van der Waals surface area contributed by atoms with Gasteiger partial charge in [-0.05, 0) is 19.9 Å². The van der Waals surface area contributed by atoms with Gasteiger partial charge in [0.2, 0.25) is 0 Å². The highest BCUT2D eigenvalue weighted by atomic mass is 32.2. The molecule has 0 amide bonds. The van der Waals surface area contributed by atoms with Crippen LogP contribution in [0.1, 0.15) is 22.5 Å². The normalized spacial score (nSPS) is 12.6. The number of aromatic nitrogens is 3. The number of thiazole rings is 1. The smallest absolute Gasteiger partial charge is 0.191 e. The number of thioether (sulfide) groups is 1. The van der Waals surface area contributed by atoms with Crippen molar-refractivity contribution in [3.05, 3.63) is 51.9 Å². The Balaban J connectivity index is 2.24. The van der Waals surface area contributed by atoms with Crippen molar-refractivity contribution in [2.24, 2.45) is 0 Å². The molecule has 0 bridgehead atoms. The van der Waals surface area contributed by atoms with E-state index in [1.807, 2.05) is 26.0 Å². The number of nitrogen functional groups attached to an aromatic ring is 2. The van der Waals surface area contributed by atoms with Gasteiger partial charge in [-0.3, -0.25) is 0 Å². The maximum Gasteiger partial charge on any atom is 0.191 e. The van der Waals surface area contributed by atoms with Gasteiger partial charge in [-0.25, -0.2) is 19.3 Å². The van der Waals surface area contributed by atoms with Gasteiger partial charge in [0.15, 0.2) is 10.9 Å². The Morgan fingerprint density at radius 2 is 2.00 bits per heavy atom. The predicted molar refractivity (Wildman–Crippen MR) is 117 cm³/mol. The molecule has 0 saturated heterocycles. The summed E-state index contributed by atoms with van der Waals surface area (Å²) in [5.41, 5.74) is 13.2. The van der Waals surface area contributed by atoms with Crippen molar-refractivity contribution < 1.29 is 13.9 Å². The fourth-order valence-electron chi connectivity index (χ4n) is 2.24. The highest BCUT2D eigenvalue weighted by molar-refractivity contribution is 7.98. The van der Waals surface area contributed by atoms with Crippen LogP contribution in [0.4, 0.5) is 16.0 Å². The van der Waals surface area contributed by atoms with E-state index in [0.29, 0.717) is 28.3 Å². The summed E-state index contributed by atoms with van der Waals surface area (Å²) in [6.07, 6.45) is 7.02. The number of alkyl halides is 1. The summed E-state index contributed by atoms with van der Waals surface area (Å²) in [5.74, 6) is 1.66. The quantitative estimate of drug-likeness (QED) is 0.247. The van der Waals surface area contributed by atoms with Crippen molar-refractivity contribution in [2.45, 2.75) is 24.8 Å². The Morgan fingerprint density at radius 3 is 2.62 bits per heavy atom. The van der Waals surface area contributed by atoms with Crippen LogP contribution in [-0.4, -0.2) is 35.3 Å². The molecule has 0 aliphatic rings. The fourth-order valence-corrected chi connectivity index (χ4v) is 4.15. The Morgan fingerprint density at radius 1 is 1.28 bits per heavy atom. The van der Waals surface area contributed by atoms with Crippen molar-refractivity contribution in [2.75, 3.05) is 31.9 Å². The van der Waals surface area contributed by atoms with E-state index >= 15 is 0 Å². The van der Waals surface area contributed by atoms with Crippen LogP contribution in [-0.2, 0) is 15.2 Å². The minimum Gasteiger partial charge on any atom is -0.501 e. The number of hydrogen-bond acceptors (Lipinski definition) is 9. The van der Waals surface area contributed by atoms with Crippen LogP contribution in [0.3, 0.4) is 0 Å². The van der Waals surface area contributed by atoms with E-state index in [1.54, 1.807) is 17.4 Å². The zero-order valence-electron chi connectivity index (χ0n) is 16.5. The number of aryl methyl sites for hydroxylation is 1. The first-order chi connectivity index (χ1) is 14.0. The number of ether oxygens (including phenoxy) is 2. The summed E-state index contributed by atoms with van der Waals surface area (Å²) in [6, 6.07) is 1.51. The molecule has 0 spiro atoms. The van der Waals surface area contributed by atoms with Gasteiger partial charge in [0.05, 0.1) is 12.8 Å². The van der Waals surface area contributed by atoms with Gasteiger partial charge in [0.25, 0.3) is 0 Å². The summed E-state index contributed by atoms with van der Waals surface area (Å²) in [5, 5.41) is 1.32. The van der Waals surface area contributed by atoms with E-state index in [2.05, 4.69) is 9.97 Å². The fraction of sp³-hybridized carbons (Fsp3) is 0.316. The van der Waals surface area contributed by atoms with Crippen LogP contribution in [0.25, 0.3) is 5.57 Å². The molecule has 2 aromatic heterocycles. The van der Waals surface area contributed by atoms with E-state index in [4.69, 9.17) is 25.9 Å². The maximum absolute atomic E-state index is 12.5. The van der Waals surface area contributed by atoms with Crippen molar-refractivity contribution in [3.63, 3.8) is 0 Å². The minimum absolute atomic E-state index is 0.0447. The molecule has 0 radical (unpaired) electrons. The third kappa shape index (κ3) is 7.06. The van der Waals surface area contributed by atoms with Crippen LogP contribution >= 0.6 is 23.1 Å². The molecule has 2 heterocycles. The number of rotatable bonds is 10. The topological polar surface area (TPSA) is 109 Å². The molecule has 0 aliphatic heterocycles. The highest BCUT2D eigenvalue weighted by Gasteiger charge is 2.13. The maximum atomic E-state index is 12.5. The largest absolute Gasteiger partial charge is 0.501 e. The van der Waals surface area contributed by atoms with Crippen LogP contribution in [0.15, 0.2) is 41.5 Å². The molecule has 2 rings (SSSR count). The van der Waals surface area contributed by atoms with Crippen LogP contribution < -0.4 is 11.5 Å². The number of nitrogens with two attached hydrogens (primary N) is 2. The summed E-state index contributed by atoms with van der Waals surface area (Å²) < 4.78 is 22.9. The van der Waals surface area contributed by atoms with Gasteiger partial charge in [0.1, 0.15) is 36.2 Å². The van der Waals surface area contributed by atoms with Gasteiger partial charge in [-0.2, -0.15) is 0 Å². The summed E-state index contributed by atoms with van der Waals surface area (Å²) in [6.45, 7) is 3.29. The Labute approximate surface area is 177 Å². The molecular weight excluding hydrogens is 413 g/mol. The predicted octanol–water partition coefficient (Wildman–Crippen LogP) is 4.13. The van der Waals surface area contributed by atoms with E-state index in [-0.39, 0.29) is 6.61 Å². The summed E-state index contributed by atoms with van der Waals surface area (Å²) in [7, 11) is 1.51. The third-order valence-electron chi connectivity index (χ3n) is 3.45. The van der Waals surface area contributed by atoms with E-state index in [0.717, 1.165) is 21.2 Å². The lowest BCUT2D eigenvalue weighted by molar-refractivity contribution is 0.183. The molecule has 2 aromatic rings. The lowest BCUT2D eigenvalue weighted by Gasteiger charge is -2.06. The van der Waals surface area contributed by atoms with E-state index in [1.165, 1.54) is 31.2 Å². The van der Waals surface area contributed by atoms with Gasteiger partial charge in [-0.15, -0.1) is 11.3 Å². The first kappa shape index (κ1) is 22.7. The second kappa shape index (κ2) is 11.4. The zero-order chi connectivity index (χ0) is 21.2. The van der Waals surface area contributed by atoms with Gasteiger partial charge in [-0.1, -0.05) is 23.9 Å². The van der Waals surface area contributed by atoms with Crippen molar-refractivity contribution in [3.8, 4) is 0 Å². The number of methoxy groups -OCH3 is 1. The van der Waals surface area contributed by atoms with Crippen molar-refractivity contribution >= 4 is 40.3 Å². The second-order valence-corrected chi connectivity index (χ2v) is 7.85. The molecule has 4 N–H and O–H groups in total. The summed E-state index contributed by atoms with van der Waals surface area (Å²) in [4.78, 5) is 14.2. The van der Waals surface area contributed by atoms with Gasteiger partial charge in [0, 0.05) is 22.3 Å². The number of nitrogens with zero attached hydrogens (tertiary/aromatic N) is 3. The van der Waals surface area contributed by atoms with Crippen molar-refractivity contribution in [1.29, 1.82) is 0 Å². The molecule has 0 atom stereocenters. The third-order valence-corrected chi connectivity index (χ3v) is 5.37. The number of hydrogen-bond donors (Lipinski definition) is 2. The average molecular weight is 438 g/mol. The highest BCUT2D eigenvalue weighted by Crippen LogP contribution is 2.30. The van der Waals surface area contributed by atoms with Gasteiger partial charge < -0.3 is 20.9 Å². The molecule has 156 valence electrons. The monoisotopic (exact) mass is 437 g/mol. The molecule has 0 saturated carbocycles. The number of halogens is 1. The van der Waals surface area contributed by atoms with Gasteiger partial charge >= 0.3 is 0 Å². The average Bonchev–Trinajstić information content (AvgIpc) is 3.04. The van der Waals surface area contributed by atoms with Crippen molar-refractivity contribution in [1.82, 2.24) is 15.0 Å². The standard InChI is InChI=1S/C19H24FN5O2S2/c1-4-5-13(8-14(10-26-3)27-7-6-20)18-23-15(12(2)29-18)11-28-19-24-16(21)9-17(22)25-19/h4-5,8-10H,6-7,11H2,1-3H3,(H4,21,22,24,25)/b5-4-,13-8+,14-10-. The SMILES string of the molecule is C\C=C/C(=C\C(=C\OC)OCCF)c1nc(CSc2nc(N)cc(N)n2)c(C)s1. The molecule has 0 aliphatic carbocycles. The lowest BCUT2D eigenvalue weighted by Crippen LogP contribution is -1.99. The van der Waals surface area contributed by atoms with E-state index in [9.17, 15) is 4.39 Å². The summed E-state index contributed by atoms with van der Waals surface area (Å²) >= 11 is 2.97. The Bertz CT molecular complexity index is 892. The van der Waals surface area contributed by atoms with E-state index < -0.39 is 6.67 Å². The van der Waals surface area contributed by atoms with Crippen LogP contribution in [0.5, 0.6) is 0 Å². The molecular formula is C19H24FN5O2S2. The molecule has 0 fully saturated rings. The molecule has 29 heavy (non-hydrogen) atoms. The molecule has 0 aromatic carbocycles. The Hall–Kier alpha value is -2.59. The lowest BCUT2D eigenvalue weighted by atomic mass is 10.2. The molecule has 7 nitrogen and oxygen atoms in total. The number of anilines is 2. The first-order valence-electron chi connectivity index (χ1n) is 8.72. The molecule has 10 heteroatoms. The second-order valence-electron chi connectivity index (χ2n) is 5.70. The van der Waals surface area contributed by atoms with Crippen LogP contribution in [0, 0.1) is 6.92 Å².